The SMILES string of the molecule is C=C(C)O/C(=C\CC)C(C)c1ccccc1. The minimum absolute atomic E-state index is 0.276. The number of allylic oxidation sites excluding steroid dienone is 3. The monoisotopic (exact) mass is 216 g/mol. The van der Waals surface area contributed by atoms with Crippen LogP contribution in [0.4, 0.5) is 0 Å². The van der Waals surface area contributed by atoms with E-state index in [9.17, 15) is 0 Å². The molecule has 0 aliphatic carbocycles. The summed E-state index contributed by atoms with van der Waals surface area (Å²) in [4.78, 5) is 0. The van der Waals surface area contributed by atoms with Crippen LogP contribution in [-0.4, -0.2) is 0 Å². The molecule has 0 heterocycles. The van der Waals surface area contributed by atoms with Crippen LogP contribution in [0.25, 0.3) is 0 Å². The first-order valence-corrected chi connectivity index (χ1v) is 5.73. The zero-order valence-electron chi connectivity index (χ0n) is 10.4. The van der Waals surface area contributed by atoms with Gasteiger partial charge in [0.25, 0.3) is 0 Å². The summed E-state index contributed by atoms with van der Waals surface area (Å²) in [6.07, 6.45) is 3.09. The Kier molecular flexibility index (Phi) is 4.84. The average Bonchev–Trinajstić information content (AvgIpc) is 2.28. The maximum absolute atomic E-state index is 5.67. The fraction of sp³-hybridized carbons (Fsp3) is 0.333. The van der Waals surface area contributed by atoms with Gasteiger partial charge >= 0.3 is 0 Å². The maximum Gasteiger partial charge on any atom is 0.107 e. The summed E-state index contributed by atoms with van der Waals surface area (Å²) < 4.78 is 5.67. The highest BCUT2D eigenvalue weighted by molar-refractivity contribution is 5.26. The molecule has 0 fully saturated rings. The van der Waals surface area contributed by atoms with Gasteiger partial charge in [0.2, 0.25) is 0 Å². The van der Waals surface area contributed by atoms with Crippen molar-refractivity contribution < 1.29 is 4.74 Å². The van der Waals surface area contributed by atoms with Crippen molar-refractivity contribution in [3.8, 4) is 0 Å². The van der Waals surface area contributed by atoms with E-state index in [0.29, 0.717) is 0 Å². The summed E-state index contributed by atoms with van der Waals surface area (Å²) in [7, 11) is 0. The molecule has 16 heavy (non-hydrogen) atoms. The minimum atomic E-state index is 0.276. The van der Waals surface area contributed by atoms with Crippen molar-refractivity contribution in [1.29, 1.82) is 0 Å². The smallest absolute Gasteiger partial charge is 0.107 e. The van der Waals surface area contributed by atoms with Gasteiger partial charge in [-0.2, -0.15) is 0 Å². The lowest BCUT2D eigenvalue weighted by molar-refractivity contribution is 0.283. The van der Waals surface area contributed by atoms with Crippen LogP contribution in [0.15, 0.2) is 54.5 Å². The Morgan fingerprint density at radius 1 is 1.38 bits per heavy atom. The summed E-state index contributed by atoms with van der Waals surface area (Å²) in [6.45, 7) is 9.93. The van der Waals surface area contributed by atoms with Crippen LogP contribution >= 0.6 is 0 Å². The van der Waals surface area contributed by atoms with Gasteiger partial charge in [-0.1, -0.05) is 50.8 Å². The molecule has 1 aromatic carbocycles. The largest absolute Gasteiger partial charge is 0.467 e. The van der Waals surface area contributed by atoms with Crippen LogP contribution in [0.3, 0.4) is 0 Å². The second kappa shape index (κ2) is 6.16. The van der Waals surface area contributed by atoms with E-state index >= 15 is 0 Å². The summed E-state index contributed by atoms with van der Waals surface area (Å²) in [5.74, 6) is 2.00. The van der Waals surface area contributed by atoms with Crippen LogP contribution in [0, 0.1) is 0 Å². The lowest BCUT2D eigenvalue weighted by atomic mass is 9.98. The Labute approximate surface area is 98.5 Å². The molecule has 0 amide bonds. The lowest BCUT2D eigenvalue weighted by Crippen LogP contribution is -2.01. The molecule has 1 heteroatoms. The third kappa shape index (κ3) is 3.58. The Morgan fingerprint density at radius 2 is 2.00 bits per heavy atom. The van der Waals surface area contributed by atoms with E-state index in [1.807, 2.05) is 13.0 Å². The molecule has 0 aliphatic rings. The van der Waals surface area contributed by atoms with Gasteiger partial charge in [-0.25, -0.2) is 0 Å². The number of rotatable bonds is 5. The third-order valence-corrected chi connectivity index (χ3v) is 2.42. The van der Waals surface area contributed by atoms with Crippen molar-refractivity contribution in [1.82, 2.24) is 0 Å². The van der Waals surface area contributed by atoms with Gasteiger partial charge in [0.05, 0.1) is 5.76 Å². The average molecular weight is 216 g/mol. The van der Waals surface area contributed by atoms with Crippen molar-refractivity contribution >= 4 is 0 Å². The van der Waals surface area contributed by atoms with E-state index in [2.05, 4.69) is 50.8 Å². The second-order valence-electron chi connectivity index (χ2n) is 3.95. The Hall–Kier alpha value is -1.50. The number of ether oxygens (including phenoxy) is 1. The molecule has 1 nitrogen and oxygen atoms in total. The molecule has 0 saturated heterocycles. The quantitative estimate of drug-likeness (QED) is 0.652. The summed E-state index contributed by atoms with van der Waals surface area (Å²) >= 11 is 0. The Morgan fingerprint density at radius 3 is 2.50 bits per heavy atom. The molecule has 0 spiro atoms. The highest BCUT2D eigenvalue weighted by atomic mass is 16.5. The second-order valence-corrected chi connectivity index (χ2v) is 3.95. The highest BCUT2D eigenvalue weighted by Gasteiger charge is 2.12. The highest BCUT2D eigenvalue weighted by Crippen LogP contribution is 2.26. The van der Waals surface area contributed by atoms with Crippen LogP contribution in [0.2, 0.25) is 0 Å². The molecule has 1 unspecified atom stereocenters. The molecule has 0 radical (unpaired) electrons. The molecule has 0 saturated carbocycles. The minimum Gasteiger partial charge on any atom is -0.467 e. The van der Waals surface area contributed by atoms with Gasteiger partial charge in [-0.3, -0.25) is 0 Å². The lowest BCUT2D eigenvalue weighted by Gasteiger charge is -2.17. The van der Waals surface area contributed by atoms with E-state index < -0.39 is 0 Å². The van der Waals surface area contributed by atoms with Crippen LogP contribution in [0.1, 0.15) is 38.7 Å². The van der Waals surface area contributed by atoms with Gasteiger partial charge in [0.15, 0.2) is 0 Å². The standard InChI is InChI=1S/C15H20O/c1-5-9-15(16-12(2)3)13(4)14-10-7-6-8-11-14/h6-11,13H,2,5H2,1,3-4H3/b15-9-. The molecule has 1 atom stereocenters. The topological polar surface area (TPSA) is 9.23 Å². The number of benzene rings is 1. The number of hydrogen-bond donors (Lipinski definition) is 0. The zero-order chi connectivity index (χ0) is 12.0. The zero-order valence-corrected chi connectivity index (χ0v) is 10.4. The maximum atomic E-state index is 5.67. The summed E-state index contributed by atoms with van der Waals surface area (Å²) in [5.41, 5.74) is 1.27. The Bertz CT molecular complexity index is 362. The molecular weight excluding hydrogens is 196 g/mol. The van der Waals surface area contributed by atoms with Crippen LogP contribution < -0.4 is 0 Å². The van der Waals surface area contributed by atoms with Gasteiger partial charge < -0.3 is 4.74 Å². The third-order valence-electron chi connectivity index (χ3n) is 2.42. The first-order chi connectivity index (χ1) is 7.65. The van der Waals surface area contributed by atoms with Crippen LogP contribution in [0.5, 0.6) is 0 Å². The van der Waals surface area contributed by atoms with Crippen molar-refractivity contribution in [2.24, 2.45) is 0 Å². The van der Waals surface area contributed by atoms with Gasteiger partial charge in [-0.05, 0) is 25.0 Å². The molecular formula is C15H20O. The molecule has 0 N–H and O–H groups in total. The first kappa shape index (κ1) is 12.6. The molecule has 1 aromatic rings. The van der Waals surface area contributed by atoms with E-state index in [-0.39, 0.29) is 5.92 Å². The van der Waals surface area contributed by atoms with Gasteiger partial charge in [0, 0.05) is 5.92 Å². The fourth-order valence-electron chi connectivity index (χ4n) is 1.62. The van der Waals surface area contributed by atoms with E-state index in [1.165, 1.54) is 5.56 Å². The van der Waals surface area contributed by atoms with Crippen molar-refractivity contribution in [2.45, 2.75) is 33.1 Å². The van der Waals surface area contributed by atoms with E-state index in [4.69, 9.17) is 4.74 Å². The van der Waals surface area contributed by atoms with Gasteiger partial charge in [-0.15, -0.1) is 0 Å². The van der Waals surface area contributed by atoms with E-state index in [1.54, 1.807) is 0 Å². The predicted octanol–water partition coefficient (Wildman–Crippen LogP) is 4.63. The van der Waals surface area contributed by atoms with Crippen molar-refractivity contribution in [2.75, 3.05) is 0 Å². The molecule has 86 valence electrons. The molecule has 0 aromatic heterocycles. The Balaban J connectivity index is 2.87. The predicted molar refractivity (Wildman–Crippen MR) is 69.1 cm³/mol. The molecule has 0 bridgehead atoms. The molecule has 1 rings (SSSR count). The van der Waals surface area contributed by atoms with Crippen LogP contribution in [-0.2, 0) is 4.74 Å². The summed E-state index contributed by atoms with van der Waals surface area (Å²) in [6, 6.07) is 10.4. The first-order valence-electron chi connectivity index (χ1n) is 5.73. The van der Waals surface area contributed by atoms with E-state index in [0.717, 1.165) is 17.9 Å². The normalized spacial score (nSPS) is 13.3. The molecule has 0 aliphatic heterocycles. The fourth-order valence-corrected chi connectivity index (χ4v) is 1.62. The number of hydrogen-bond acceptors (Lipinski definition) is 1. The summed E-state index contributed by atoms with van der Waals surface area (Å²) in [5, 5.41) is 0. The van der Waals surface area contributed by atoms with Crippen molar-refractivity contribution in [3.63, 3.8) is 0 Å². The van der Waals surface area contributed by atoms with Crippen molar-refractivity contribution in [3.05, 3.63) is 60.1 Å². The van der Waals surface area contributed by atoms with Gasteiger partial charge in [0.1, 0.15) is 5.76 Å².